The van der Waals surface area contributed by atoms with Gasteiger partial charge in [0.2, 0.25) is 5.91 Å². The number of hydrogen-bond acceptors (Lipinski definition) is 6. The summed E-state index contributed by atoms with van der Waals surface area (Å²) in [5, 5.41) is 2.69. The summed E-state index contributed by atoms with van der Waals surface area (Å²) in [4.78, 5) is 14.2. The fourth-order valence-corrected chi connectivity index (χ4v) is 3.77. The Kier molecular flexibility index (Phi) is 9.94. The normalized spacial score (nSPS) is 10.7. The van der Waals surface area contributed by atoms with E-state index < -0.39 is 0 Å². The molecular formula is C28H33FN2O5. The second-order valence-electron chi connectivity index (χ2n) is 8.26. The highest BCUT2D eigenvalue weighted by Gasteiger charge is 2.14. The highest BCUT2D eigenvalue weighted by molar-refractivity contribution is 5.77. The second-order valence-corrected chi connectivity index (χ2v) is 8.26. The molecule has 1 amide bonds. The van der Waals surface area contributed by atoms with Gasteiger partial charge < -0.3 is 24.3 Å². The molecule has 0 aliphatic rings. The van der Waals surface area contributed by atoms with Crippen LogP contribution in [0.3, 0.4) is 0 Å². The van der Waals surface area contributed by atoms with Crippen LogP contribution in [0.5, 0.6) is 23.0 Å². The molecule has 0 spiro atoms. The quantitative estimate of drug-likeness (QED) is 0.382. The highest BCUT2D eigenvalue weighted by atomic mass is 19.1. The predicted octanol–water partition coefficient (Wildman–Crippen LogP) is 4.22. The van der Waals surface area contributed by atoms with Crippen LogP contribution in [-0.4, -0.2) is 52.3 Å². The number of amides is 1. The van der Waals surface area contributed by atoms with Crippen LogP contribution in [0.4, 0.5) is 4.39 Å². The molecule has 192 valence electrons. The van der Waals surface area contributed by atoms with Gasteiger partial charge in [-0.3, -0.25) is 9.69 Å². The van der Waals surface area contributed by atoms with Crippen LogP contribution in [0.15, 0.2) is 60.7 Å². The van der Waals surface area contributed by atoms with Gasteiger partial charge in [-0.2, -0.15) is 0 Å². The van der Waals surface area contributed by atoms with E-state index in [0.29, 0.717) is 42.5 Å². The van der Waals surface area contributed by atoms with Crippen molar-refractivity contribution in [3.63, 3.8) is 0 Å². The molecule has 0 saturated carbocycles. The van der Waals surface area contributed by atoms with Crippen LogP contribution in [0, 0.1) is 5.82 Å². The maximum absolute atomic E-state index is 13.4. The maximum Gasteiger partial charge on any atom is 0.233 e. The largest absolute Gasteiger partial charge is 0.497 e. The molecule has 0 aromatic heterocycles. The predicted molar refractivity (Wildman–Crippen MR) is 136 cm³/mol. The number of nitrogens with one attached hydrogen (secondary N) is 1. The first kappa shape index (κ1) is 26.8. The zero-order valence-electron chi connectivity index (χ0n) is 21.2. The minimum atomic E-state index is -0.299. The lowest BCUT2D eigenvalue weighted by atomic mass is 10.1. The van der Waals surface area contributed by atoms with Crippen LogP contribution in [0.1, 0.15) is 16.7 Å². The lowest BCUT2D eigenvalue weighted by Gasteiger charge is -2.22. The average molecular weight is 497 g/mol. The molecule has 0 fully saturated rings. The molecule has 0 heterocycles. The smallest absolute Gasteiger partial charge is 0.233 e. The molecule has 0 aliphatic heterocycles. The van der Waals surface area contributed by atoms with Gasteiger partial charge in [0.25, 0.3) is 0 Å². The van der Waals surface area contributed by atoms with Gasteiger partial charge in [-0.05, 0) is 59.5 Å². The summed E-state index contributed by atoms with van der Waals surface area (Å²) in [6, 6.07) is 17.7. The van der Waals surface area contributed by atoms with Gasteiger partial charge in [0.1, 0.15) is 23.9 Å². The SMILES string of the molecule is CNC(=O)CN(CCc1ccc(OCc2cccc(F)c2)c(OC)c1)Cc1cc(OC)cc(OC)c1. The summed E-state index contributed by atoms with van der Waals surface area (Å²) >= 11 is 0. The van der Waals surface area contributed by atoms with Crippen LogP contribution in [-0.2, 0) is 24.4 Å². The Bertz CT molecular complexity index is 1130. The monoisotopic (exact) mass is 496 g/mol. The van der Waals surface area contributed by atoms with Crippen LogP contribution < -0.4 is 24.3 Å². The average Bonchev–Trinajstić information content (AvgIpc) is 2.90. The molecule has 0 bridgehead atoms. The molecule has 3 rings (SSSR count). The Morgan fingerprint density at radius 3 is 2.25 bits per heavy atom. The fourth-order valence-electron chi connectivity index (χ4n) is 3.77. The number of benzene rings is 3. The molecule has 8 heteroatoms. The summed E-state index contributed by atoms with van der Waals surface area (Å²) in [7, 11) is 6.43. The van der Waals surface area contributed by atoms with E-state index in [-0.39, 0.29) is 24.9 Å². The summed E-state index contributed by atoms with van der Waals surface area (Å²) in [5.41, 5.74) is 2.75. The van der Waals surface area contributed by atoms with Gasteiger partial charge in [-0.15, -0.1) is 0 Å². The van der Waals surface area contributed by atoms with Crippen LogP contribution in [0.25, 0.3) is 0 Å². The van der Waals surface area contributed by atoms with E-state index >= 15 is 0 Å². The molecule has 1 N–H and O–H groups in total. The zero-order valence-corrected chi connectivity index (χ0v) is 21.2. The molecule has 3 aromatic rings. The number of likely N-dealkylation sites (N-methyl/N-ethyl adjacent to an activating group) is 1. The van der Waals surface area contributed by atoms with E-state index in [4.69, 9.17) is 18.9 Å². The Hall–Kier alpha value is -3.78. The van der Waals surface area contributed by atoms with Crippen molar-refractivity contribution in [3.05, 3.63) is 83.2 Å². The van der Waals surface area contributed by atoms with Gasteiger partial charge in [-0.1, -0.05) is 18.2 Å². The fraction of sp³-hybridized carbons (Fsp3) is 0.321. The van der Waals surface area contributed by atoms with E-state index in [1.807, 2.05) is 42.5 Å². The second kappa shape index (κ2) is 13.3. The number of rotatable bonds is 13. The van der Waals surface area contributed by atoms with E-state index in [2.05, 4.69) is 10.2 Å². The molecule has 36 heavy (non-hydrogen) atoms. The van der Waals surface area contributed by atoms with E-state index in [1.54, 1.807) is 34.4 Å². The van der Waals surface area contributed by atoms with Crippen molar-refractivity contribution in [3.8, 4) is 23.0 Å². The number of carbonyl (C=O) groups is 1. The molecular weight excluding hydrogens is 463 g/mol. The number of carbonyl (C=O) groups excluding carboxylic acids is 1. The lowest BCUT2D eigenvalue weighted by molar-refractivity contribution is -0.121. The van der Waals surface area contributed by atoms with E-state index in [0.717, 1.165) is 16.7 Å². The van der Waals surface area contributed by atoms with Crippen LogP contribution >= 0.6 is 0 Å². The van der Waals surface area contributed by atoms with Gasteiger partial charge in [0.05, 0.1) is 27.9 Å². The first-order valence-electron chi connectivity index (χ1n) is 11.6. The highest BCUT2D eigenvalue weighted by Crippen LogP contribution is 2.29. The Morgan fingerprint density at radius 1 is 0.861 bits per heavy atom. The molecule has 0 unspecified atom stereocenters. The Labute approximate surface area is 211 Å². The van der Waals surface area contributed by atoms with Crippen molar-refractivity contribution in [1.29, 1.82) is 0 Å². The summed E-state index contributed by atoms with van der Waals surface area (Å²) in [6.07, 6.45) is 0.693. The summed E-state index contributed by atoms with van der Waals surface area (Å²) in [6.45, 7) is 1.67. The molecule has 0 aliphatic carbocycles. The van der Waals surface area contributed by atoms with Gasteiger partial charge in [0, 0.05) is 26.2 Å². The van der Waals surface area contributed by atoms with Crippen molar-refractivity contribution in [1.82, 2.24) is 10.2 Å². The van der Waals surface area contributed by atoms with E-state index in [1.165, 1.54) is 12.1 Å². The third kappa shape index (κ3) is 7.88. The maximum atomic E-state index is 13.4. The number of hydrogen-bond donors (Lipinski definition) is 1. The van der Waals surface area contributed by atoms with Gasteiger partial charge in [-0.25, -0.2) is 4.39 Å². The Balaban J connectivity index is 1.69. The minimum absolute atomic E-state index is 0.0662. The Morgan fingerprint density at radius 2 is 1.61 bits per heavy atom. The van der Waals surface area contributed by atoms with Gasteiger partial charge in [0.15, 0.2) is 11.5 Å². The standard InChI is InChI=1S/C28H33FN2O5/c1-30-28(32)18-31(17-22-13-24(33-2)16-25(14-22)34-3)11-10-20-8-9-26(27(15-20)35-4)36-19-21-6-5-7-23(29)12-21/h5-9,12-16H,10-11,17-19H2,1-4H3,(H,30,32). The number of nitrogens with zero attached hydrogens (tertiary/aromatic N) is 1. The third-order valence-electron chi connectivity index (χ3n) is 5.69. The molecule has 3 aromatic carbocycles. The summed E-state index contributed by atoms with van der Waals surface area (Å²) < 4.78 is 35.6. The topological polar surface area (TPSA) is 69.3 Å². The first-order chi connectivity index (χ1) is 17.4. The van der Waals surface area contributed by atoms with Crippen molar-refractivity contribution in [2.45, 2.75) is 19.6 Å². The third-order valence-corrected chi connectivity index (χ3v) is 5.69. The summed E-state index contributed by atoms with van der Waals surface area (Å²) in [5.74, 6) is 2.21. The number of ether oxygens (including phenoxy) is 4. The lowest BCUT2D eigenvalue weighted by Crippen LogP contribution is -2.36. The number of methoxy groups -OCH3 is 3. The van der Waals surface area contributed by atoms with E-state index in [9.17, 15) is 9.18 Å². The van der Waals surface area contributed by atoms with Gasteiger partial charge >= 0.3 is 0 Å². The molecule has 0 saturated heterocycles. The van der Waals surface area contributed by atoms with Crippen molar-refractivity contribution >= 4 is 5.91 Å². The van der Waals surface area contributed by atoms with Crippen molar-refractivity contribution < 1.29 is 28.1 Å². The molecule has 0 radical (unpaired) electrons. The number of halogens is 1. The molecule has 7 nitrogen and oxygen atoms in total. The minimum Gasteiger partial charge on any atom is -0.497 e. The van der Waals surface area contributed by atoms with Crippen LogP contribution in [0.2, 0.25) is 0 Å². The van der Waals surface area contributed by atoms with Crippen molar-refractivity contribution in [2.24, 2.45) is 0 Å². The molecule has 0 atom stereocenters. The van der Waals surface area contributed by atoms with Crippen molar-refractivity contribution in [2.75, 3.05) is 41.5 Å². The first-order valence-corrected chi connectivity index (χ1v) is 11.6. The zero-order chi connectivity index (χ0) is 25.9.